The van der Waals surface area contributed by atoms with Crippen LogP contribution < -0.4 is 0 Å². The van der Waals surface area contributed by atoms with Crippen LogP contribution in [0.5, 0.6) is 0 Å². The van der Waals surface area contributed by atoms with E-state index in [1.807, 2.05) is 23.1 Å². The van der Waals surface area contributed by atoms with Gasteiger partial charge in [-0.2, -0.15) is 10.1 Å². The zero-order valence-electron chi connectivity index (χ0n) is 14.2. The molecular formula is C18H19N5O2. The molecule has 7 heteroatoms. The molecule has 0 spiro atoms. The first-order chi connectivity index (χ1) is 12.1. The highest BCUT2D eigenvalue weighted by molar-refractivity contribution is 5.92. The summed E-state index contributed by atoms with van der Waals surface area (Å²) in [6.07, 6.45) is 1.64. The second kappa shape index (κ2) is 6.16. The van der Waals surface area contributed by atoms with E-state index in [9.17, 15) is 4.79 Å². The van der Waals surface area contributed by atoms with E-state index in [0.29, 0.717) is 30.5 Å². The van der Waals surface area contributed by atoms with Crippen molar-refractivity contribution in [3.05, 3.63) is 65.6 Å². The zero-order chi connectivity index (χ0) is 17.4. The minimum atomic E-state index is -0.0281. The SMILES string of the molecule is Cc1noc([C@H]2CN(C(=O)c3ccnn3C)C[C@H]2c2ccccc2)n1. The van der Waals surface area contributed by atoms with E-state index in [0.717, 1.165) is 0 Å². The molecule has 3 aromatic rings. The molecular weight excluding hydrogens is 318 g/mol. The Labute approximate surface area is 145 Å². The number of nitrogens with zero attached hydrogens (tertiary/aromatic N) is 5. The second-order valence-corrected chi connectivity index (χ2v) is 6.35. The fourth-order valence-corrected chi connectivity index (χ4v) is 3.47. The van der Waals surface area contributed by atoms with Gasteiger partial charge in [0.05, 0.1) is 5.92 Å². The van der Waals surface area contributed by atoms with Crippen LogP contribution in [0.4, 0.5) is 0 Å². The number of carbonyl (C=O) groups excluding carboxylic acids is 1. The molecule has 1 aliphatic rings. The van der Waals surface area contributed by atoms with Gasteiger partial charge in [0, 0.05) is 32.3 Å². The van der Waals surface area contributed by atoms with Crippen molar-refractivity contribution in [1.82, 2.24) is 24.8 Å². The number of aryl methyl sites for hydroxylation is 2. The Morgan fingerprint density at radius 2 is 1.92 bits per heavy atom. The van der Waals surface area contributed by atoms with E-state index < -0.39 is 0 Å². The molecule has 1 aliphatic heterocycles. The fourth-order valence-electron chi connectivity index (χ4n) is 3.47. The van der Waals surface area contributed by atoms with Crippen molar-refractivity contribution in [2.24, 2.45) is 7.05 Å². The normalized spacial score (nSPS) is 20.2. The molecule has 0 N–H and O–H groups in total. The molecule has 1 fully saturated rings. The molecule has 25 heavy (non-hydrogen) atoms. The minimum absolute atomic E-state index is 0.0132. The summed E-state index contributed by atoms with van der Waals surface area (Å²) in [6, 6.07) is 11.9. The lowest BCUT2D eigenvalue weighted by Crippen LogP contribution is -2.30. The van der Waals surface area contributed by atoms with Gasteiger partial charge in [-0.1, -0.05) is 35.5 Å². The molecule has 0 saturated carbocycles. The number of hydrogen-bond donors (Lipinski definition) is 0. The molecule has 0 unspecified atom stereocenters. The molecule has 0 radical (unpaired) electrons. The highest BCUT2D eigenvalue weighted by Gasteiger charge is 2.40. The van der Waals surface area contributed by atoms with Crippen LogP contribution in [0.3, 0.4) is 0 Å². The summed E-state index contributed by atoms with van der Waals surface area (Å²) in [5.74, 6) is 1.28. The lowest BCUT2D eigenvalue weighted by atomic mass is 9.89. The van der Waals surface area contributed by atoms with Crippen LogP contribution in [0.1, 0.15) is 39.6 Å². The first-order valence-corrected chi connectivity index (χ1v) is 8.26. The molecule has 2 atom stereocenters. The first-order valence-electron chi connectivity index (χ1n) is 8.26. The molecule has 1 aromatic carbocycles. The highest BCUT2D eigenvalue weighted by atomic mass is 16.5. The van der Waals surface area contributed by atoms with Gasteiger partial charge in [-0.25, -0.2) is 0 Å². The number of aromatic nitrogens is 4. The van der Waals surface area contributed by atoms with Crippen molar-refractivity contribution in [3.8, 4) is 0 Å². The summed E-state index contributed by atoms with van der Waals surface area (Å²) >= 11 is 0. The minimum Gasteiger partial charge on any atom is -0.339 e. The van der Waals surface area contributed by atoms with Gasteiger partial charge in [0.25, 0.3) is 5.91 Å². The van der Waals surface area contributed by atoms with Crippen LogP contribution in [0.2, 0.25) is 0 Å². The average Bonchev–Trinajstić information content (AvgIpc) is 3.34. The summed E-state index contributed by atoms with van der Waals surface area (Å²) in [5.41, 5.74) is 1.75. The number of likely N-dealkylation sites (tertiary alicyclic amines) is 1. The predicted molar refractivity (Wildman–Crippen MR) is 90.1 cm³/mol. The number of rotatable bonds is 3. The Hall–Kier alpha value is -2.96. The summed E-state index contributed by atoms with van der Waals surface area (Å²) < 4.78 is 7.03. The molecule has 128 valence electrons. The van der Waals surface area contributed by atoms with Gasteiger partial charge in [0.15, 0.2) is 5.82 Å². The Kier molecular flexibility index (Phi) is 3.83. The van der Waals surface area contributed by atoms with Crippen LogP contribution >= 0.6 is 0 Å². The number of hydrogen-bond acceptors (Lipinski definition) is 5. The maximum Gasteiger partial charge on any atom is 0.272 e. The summed E-state index contributed by atoms with van der Waals surface area (Å²) in [4.78, 5) is 19.1. The number of carbonyl (C=O) groups is 1. The third-order valence-corrected chi connectivity index (χ3v) is 4.74. The van der Waals surface area contributed by atoms with Crippen molar-refractivity contribution < 1.29 is 9.32 Å². The van der Waals surface area contributed by atoms with Crippen LogP contribution in [0.25, 0.3) is 0 Å². The van der Waals surface area contributed by atoms with Crippen molar-refractivity contribution in [2.75, 3.05) is 13.1 Å². The van der Waals surface area contributed by atoms with Crippen molar-refractivity contribution in [2.45, 2.75) is 18.8 Å². The predicted octanol–water partition coefficient (Wildman–Crippen LogP) is 2.13. The van der Waals surface area contributed by atoms with Crippen molar-refractivity contribution in [3.63, 3.8) is 0 Å². The van der Waals surface area contributed by atoms with Gasteiger partial charge in [-0.3, -0.25) is 9.48 Å². The average molecular weight is 337 g/mol. The van der Waals surface area contributed by atoms with Gasteiger partial charge in [0.2, 0.25) is 5.89 Å². The van der Waals surface area contributed by atoms with Crippen LogP contribution in [-0.4, -0.2) is 43.8 Å². The third kappa shape index (κ3) is 2.82. The standard InChI is InChI=1S/C18H19N5O2/c1-12-20-17(25-21-12)15-11-23(18(24)16-8-9-19-22(16)2)10-14(15)13-6-4-3-5-7-13/h3-9,14-15H,10-11H2,1-2H3/t14-,15-/m0/s1. The van der Waals surface area contributed by atoms with E-state index in [1.54, 1.807) is 30.9 Å². The van der Waals surface area contributed by atoms with E-state index in [-0.39, 0.29) is 17.7 Å². The third-order valence-electron chi connectivity index (χ3n) is 4.74. The van der Waals surface area contributed by atoms with Gasteiger partial charge in [-0.05, 0) is 18.6 Å². The highest BCUT2D eigenvalue weighted by Crippen LogP contribution is 2.39. The van der Waals surface area contributed by atoms with Crippen LogP contribution in [0, 0.1) is 6.92 Å². The molecule has 0 bridgehead atoms. The van der Waals surface area contributed by atoms with Crippen molar-refractivity contribution >= 4 is 5.91 Å². The first kappa shape index (κ1) is 15.6. The van der Waals surface area contributed by atoms with E-state index in [4.69, 9.17) is 4.52 Å². The fraction of sp³-hybridized carbons (Fsp3) is 0.333. The van der Waals surface area contributed by atoms with E-state index in [1.165, 1.54) is 5.56 Å². The lowest BCUT2D eigenvalue weighted by molar-refractivity contribution is 0.0777. The molecule has 0 aliphatic carbocycles. The Morgan fingerprint density at radius 3 is 2.56 bits per heavy atom. The summed E-state index contributed by atoms with van der Waals surface area (Å²) in [6.45, 7) is 2.96. The molecule has 1 amide bonds. The summed E-state index contributed by atoms with van der Waals surface area (Å²) in [7, 11) is 1.77. The second-order valence-electron chi connectivity index (χ2n) is 6.35. The molecule has 3 heterocycles. The number of benzene rings is 1. The van der Waals surface area contributed by atoms with Gasteiger partial charge < -0.3 is 9.42 Å². The molecule has 1 saturated heterocycles. The van der Waals surface area contributed by atoms with Crippen molar-refractivity contribution in [1.29, 1.82) is 0 Å². The quantitative estimate of drug-likeness (QED) is 0.732. The van der Waals surface area contributed by atoms with Crippen LogP contribution in [0.15, 0.2) is 47.1 Å². The smallest absolute Gasteiger partial charge is 0.272 e. The maximum atomic E-state index is 12.9. The van der Waals surface area contributed by atoms with Gasteiger partial charge in [0.1, 0.15) is 5.69 Å². The largest absolute Gasteiger partial charge is 0.339 e. The molecule has 4 rings (SSSR count). The summed E-state index contributed by atoms with van der Waals surface area (Å²) in [5, 5.41) is 8.01. The maximum absolute atomic E-state index is 12.9. The van der Waals surface area contributed by atoms with Crippen LogP contribution in [-0.2, 0) is 7.05 Å². The monoisotopic (exact) mass is 337 g/mol. The number of amides is 1. The van der Waals surface area contributed by atoms with Gasteiger partial charge >= 0.3 is 0 Å². The molecule has 2 aromatic heterocycles. The topological polar surface area (TPSA) is 77.0 Å². The zero-order valence-corrected chi connectivity index (χ0v) is 14.2. The van der Waals surface area contributed by atoms with Gasteiger partial charge in [-0.15, -0.1) is 0 Å². The van der Waals surface area contributed by atoms with E-state index in [2.05, 4.69) is 27.4 Å². The van der Waals surface area contributed by atoms with E-state index >= 15 is 0 Å². The Balaban J connectivity index is 1.67. The lowest BCUT2D eigenvalue weighted by Gasteiger charge is -2.16. The Bertz CT molecular complexity index is 886. The molecule has 7 nitrogen and oxygen atoms in total. The Morgan fingerprint density at radius 1 is 1.16 bits per heavy atom.